The van der Waals surface area contributed by atoms with Gasteiger partial charge in [-0.3, -0.25) is 0 Å². The lowest BCUT2D eigenvalue weighted by atomic mass is 9.97. The first-order chi connectivity index (χ1) is 9.39. The summed E-state index contributed by atoms with van der Waals surface area (Å²) in [5.41, 5.74) is 3.11. The summed E-state index contributed by atoms with van der Waals surface area (Å²) >= 11 is 0. The fraction of sp³-hybridized carbons (Fsp3) is 0.333. The van der Waals surface area contributed by atoms with Gasteiger partial charge in [0.15, 0.2) is 0 Å². The molecule has 1 saturated carbocycles. The average Bonchev–Trinajstić information content (AvgIpc) is 3.27. The minimum Gasteiger partial charge on any atom is -0.380 e. The number of benzene rings is 2. The van der Waals surface area contributed by atoms with Crippen molar-refractivity contribution in [2.24, 2.45) is 0 Å². The van der Waals surface area contributed by atoms with E-state index in [0.717, 1.165) is 19.6 Å². The Morgan fingerprint density at radius 3 is 2.11 bits per heavy atom. The highest BCUT2D eigenvalue weighted by atomic mass is 16.5. The minimum atomic E-state index is 0.317. The van der Waals surface area contributed by atoms with Gasteiger partial charge in [-0.2, -0.15) is 0 Å². The Morgan fingerprint density at radius 2 is 1.47 bits per heavy atom. The number of hydrogen-bond acceptors (Lipinski definition) is 1. The summed E-state index contributed by atoms with van der Waals surface area (Å²) in [5, 5.41) is 0. The number of ether oxygens (including phenoxy) is 1. The van der Waals surface area contributed by atoms with Crippen LogP contribution < -0.4 is 0 Å². The second-order valence-corrected chi connectivity index (χ2v) is 5.43. The Kier molecular flexibility index (Phi) is 3.65. The number of rotatable bonds is 6. The van der Waals surface area contributed by atoms with Crippen LogP contribution in [0.25, 0.3) is 0 Å². The Bertz CT molecular complexity index is 500. The lowest BCUT2D eigenvalue weighted by Gasteiger charge is -2.16. The van der Waals surface area contributed by atoms with Gasteiger partial charge in [0.25, 0.3) is 0 Å². The first kappa shape index (κ1) is 12.4. The third-order valence-electron chi connectivity index (χ3n) is 4.00. The molecule has 1 heteroatoms. The van der Waals surface area contributed by atoms with E-state index in [9.17, 15) is 0 Å². The summed E-state index contributed by atoms with van der Waals surface area (Å²) in [7, 11) is 0. The van der Waals surface area contributed by atoms with Gasteiger partial charge < -0.3 is 4.74 Å². The zero-order chi connectivity index (χ0) is 13.0. The van der Waals surface area contributed by atoms with Crippen LogP contribution in [0.3, 0.4) is 0 Å². The van der Waals surface area contributed by atoms with Crippen LogP contribution in [0.1, 0.15) is 24.0 Å². The molecule has 0 saturated heterocycles. The predicted molar refractivity (Wildman–Crippen MR) is 78.3 cm³/mol. The van der Waals surface area contributed by atoms with Crippen molar-refractivity contribution >= 4 is 0 Å². The number of hydrogen-bond donors (Lipinski definition) is 0. The maximum Gasteiger partial charge on any atom is 0.0563 e. The van der Waals surface area contributed by atoms with Gasteiger partial charge in [0.2, 0.25) is 0 Å². The van der Waals surface area contributed by atoms with Crippen LogP contribution in [0.5, 0.6) is 0 Å². The Hall–Kier alpha value is -1.60. The van der Waals surface area contributed by atoms with Gasteiger partial charge in [0, 0.05) is 5.41 Å². The second kappa shape index (κ2) is 5.58. The molecule has 0 radical (unpaired) electrons. The van der Waals surface area contributed by atoms with Crippen molar-refractivity contribution in [3.05, 3.63) is 71.8 Å². The first-order valence-electron chi connectivity index (χ1n) is 7.06. The molecule has 1 fully saturated rings. The van der Waals surface area contributed by atoms with E-state index in [4.69, 9.17) is 4.74 Å². The molecule has 1 nitrogen and oxygen atoms in total. The Balaban J connectivity index is 1.48. The van der Waals surface area contributed by atoms with Gasteiger partial charge in [-0.1, -0.05) is 60.7 Å². The highest BCUT2D eigenvalue weighted by molar-refractivity contribution is 5.31. The lowest BCUT2D eigenvalue weighted by molar-refractivity contribution is 0.116. The molecule has 0 spiro atoms. The molecule has 2 aromatic carbocycles. The van der Waals surface area contributed by atoms with Gasteiger partial charge in [0.05, 0.1) is 13.2 Å². The molecule has 3 rings (SSSR count). The van der Waals surface area contributed by atoms with Crippen molar-refractivity contribution in [3.8, 4) is 0 Å². The molecule has 0 bridgehead atoms. The summed E-state index contributed by atoms with van der Waals surface area (Å²) in [6, 6.07) is 21.3. The van der Waals surface area contributed by atoms with Crippen LogP contribution in [0, 0.1) is 0 Å². The third kappa shape index (κ3) is 3.05. The topological polar surface area (TPSA) is 9.23 Å². The summed E-state index contributed by atoms with van der Waals surface area (Å²) in [5.74, 6) is 0. The zero-order valence-electron chi connectivity index (χ0n) is 11.2. The predicted octanol–water partition coefficient (Wildman–Crippen LogP) is 3.98. The maximum absolute atomic E-state index is 5.92. The quantitative estimate of drug-likeness (QED) is 0.707. The van der Waals surface area contributed by atoms with Gasteiger partial charge >= 0.3 is 0 Å². The zero-order valence-corrected chi connectivity index (χ0v) is 11.2. The van der Waals surface area contributed by atoms with Crippen LogP contribution in [0.15, 0.2) is 60.7 Å². The molecule has 0 N–H and O–H groups in total. The molecular formula is C18H20O. The van der Waals surface area contributed by atoms with Gasteiger partial charge in [-0.25, -0.2) is 0 Å². The molecule has 0 aliphatic heterocycles. The molecule has 0 amide bonds. The normalized spacial score (nSPS) is 16.2. The molecule has 1 aliphatic rings. The molecule has 0 atom stereocenters. The van der Waals surface area contributed by atoms with E-state index in [2.05, 4.69) is 60.7 Å². The van der Waals surface area contributed by atoms with Crippen molar-refractivity contribution < 1.29 is 4.74 Å². The summed E-state index contributed by atoms with van der Waals surface area (Å²) in [6.45, 7) is 1.68. The van der Waals surface area contributed by atoms with E-state index in [1.807, 2.05) is 0 Å². The largest absolute Gasteiger partial charge is 0.380 e. The van der Waals surface area contributed by atoms with Crippen LogP contribution in [0.2, 0.25) is 0 Å². The van der Waals surface area contributed by atoms with E-state index < -0.39 is 0 Å². The molecular weight excluding hydrogens is 232 g/mol. The van der Waals surface area contributed by atoms with E-state index in [1.54, 1.807) is 0 Å². The SMILES string of the molecule is c1ccc(CCOCC2(c3ccccc3)CC2)cc1. The van der Waals surface area contributed by atoms with Crippen LogP contribution >= 0.6 is 0 Å². The molecule has 19 heavy (non-hydrogen) atoms. The Morgan fingerprint density at radius 1 is 0.842 bits per heavy atom. The minimum absolute atomic E-state index is 0.317. The van der Waals surface area contributed by atoms with E-state index >= 15 is 0 Å². The second-order valence-electron chi connectivity index (χ2n) is 5.43. The van der Waals surface area contributed by atoms with Crippen LogP contribution in [-0.4, -0.2) is 13.2 Å². The standard InChI is InChI=1S/C18H20O/c1-3-7-16(8-4-1)11-14-19-15-18(12-13-18)17-9-5-2-6-10-17/h1-10H,11-15H2. The monoisotopic (exact) mass is 252 g/mol. The van der Waals surface area contributed by atoms with E-state index in [-0.39, 0.29) is 0 Å². The highest BCUT2D eigenvalue weighted by Gasteiger charge is 2.44. The molecule has 98 valence electrons. The fourth-order valence-corrected chi connectivity index (χ4v) is 2.56. The summed E-state index contributed by atoms with van der Waals surface area (Å²) in [6.07, 6.45) is 3.54. The van der Waals surface area contributed by atoms with Crippen molar-refractivity contribution in [3.63, 3.8) is 0 Å². The maximum atomic E-state index is 5.92. The summed E-state index contributed by atoms with van der Waals surface area (Å²) in [4.78, 5) is 0. The fourth-order valence-electron chi connectivity index (χ4n) is 2.56. The average molecular weight is 252 g/mol. The van der Waals surface area contributed by atoms with Crippen LogP contribution in [0.4, 0.5) is 0 Å². The van der Waals surface area contributed by atoms with Crippen LogP contribution in [-0.2, 0) is 16.6 Å². The lowest BCUT2D eigenvalue weighted by Crippen LogP contribution is -2.16. The molecule has 0 heterocycles. The molecule has 0 aromatic heterocycles. The third-order valence-corrected chi connectivity index (χ3v) is 4.00. The summed E-state index contributed by atoms with van der Waals surface area (Å²) < 4.78 is 5.92. The van der Waals surface area contributed by atoms with Crippen molar-refractivity contribution in [2.75, 3.05) is 13.2 Å². The molecule has 0 unspecified atom stereocenters. The smallest absolute Gasteiger partial charge is 0.0563 e. The van der Waals surface area contributed by atoms with E-state index in [0.29, 0.717) is 5.41 Å². The van der Waals surface area contributed by atoms with Gasteiger partial charge in [-0.15, -0.1) is 0 Å². The van der Waals surface area contributed by atoms with Crippen molar-refractivity contribution in [1.82, 2.24) is 0 Å². The van der Waals surface area contributed by atoms with E-state index in [1.165, 1.54) is 24.0 Å². The van der Waals surface area contributed by atoms with Crippen molar-refractivity contribution in [2.45, 2.75) is 24.7 Å². The molecule has 2 aromatic rings. The Labute approximate surface area is 115 Å². The van der Waals surface area contributed by atoms with Crippen molar-refractivity contribution in [1.29, 1.82) is 0 Å². The van der Waals surface area contributed by atoms with Gasteiger partial charge in [0.1, 0.15) is 0 Å². The highest BCUT2D eigenvalue weighted by Crippen LogP contribution is 2.48. The molecule has 1 aliphatic carbocycles. The first-order valence-corrected chi connectivity index (χ1v) is 7.06. The van der Waals surface area contributed by atoms with Gasteiger partial charge in [-0.05, 0) is 30.4 Å².